The Morgan fingerprint density at radius 2 is 1.90 bits per heavy atom. The molecule has 29 heavy (non-hydrogen) atoms. The van der Waals surface area contributed by atoms with Gasteiger partial charge in [-0.3, -0.25) is 4.79 Å². The molecular formula is C22H25N3O3S. The topological polar surface area (TPSA) is 73.2 Å². The summed E-state index contributed by atoms with van der Waals surface area (Å²) in [6, 6.07) is 13.5. The predicted molar refractivity (Wildman–Crippen MR) is 115 cm³/mol. The summed E-state index contributed by atoms with van der Waals surface area (Å²) in [5, 5.41) is 3.70. The molecule has 0 saturated carbocycles. The Morgan fingerprint density at radius 1 is 1.14 bits per heavy atom. The van der Waals surface area contributed by atoms with Gasteiger partial charge in [0.25, 0.3) is 0 Å². The van der Waals surface area contributed by atoms with Crippen LogP contribution in [0.5, 0.6) is 0 Å². The van der Waals surface area contributed by atoms with Crippen LogP contribution in [0.15, 0.2) is 47.6 Å². The first-order chi connectivity index (χ1) is 14.0. The molecule has 0 saturated heterocycles. The Labute approximate surface area is 174 Å². The molecule has 0 spiro atoms. The molecule has 0 aliphatic heterocycles. The summed E-state index contributed by atoms with van der Waals surface area (Å²) < 4.78 is 7.10. The van der Waals surface area contributed by atoms with Crippen LogP contribution in [0.25, 0.3) is 11.0 Å². The minimum atomic E-state index is -0.356. The number of benzene rings is 2. The van der Waals surface area contributed by atoms with Crippen LogP contribution in [-0.4, -0.2) is 33.8 Å². The van der Waals surface area contributed by atoms with Crippen LogP contribution in [0.3, 0.4) is 0 Å². The molecule has 0 bridgehead atoms. The molecule has 0 unspecified atom stereocenters. The van der Waals surface area contributed by atoms with Crippen molar-refractivity contribution < 1.29 is 14.3 Å². The number of thioether (sulfide) groups is 1. The molecule has 1 amide bonds. The summed E-state index contributed by atoms with van der Waals surface area (Å²) in [5.41, 5.74) is 4.40. The third kappa shape index (κ3) is 5.17. The van der Waals surface area contributed by atoms with E-state index in [1.54, 1.807) is 19.1 Å². The number of hydrogen-bond acceptors (Lipinski definition) is 5. The normalized spacial score (nSPS) is 10.9. The van der Waals surface area contributed by atoms with Crippen molar-refractivity contribution in [2.75, 3.05) is 12.4 Å². The molecule has 0 radical (unpaired) electrons. The highest BCUT2D eigenvalue weighted by molar-refractivity contribution is 7.99. The Bertz CT molecular complexity index is 1010. The van der Waals surface area contributed by atoms with Gasteiger partial charge >= 0.3 is 5.97 Å². The summed E-state index contributed by atoms with van der Waals surface area (Å²) in [6.45, 7) is 7.41. The van der Waals surface area contributed by atoms with Crippen LogP contribution < -0.4 is 5.32 Å². The van der Waals surface area contributed by atoms with E-state index in [-0.39, 0.29) is 17.6 Å². The largest absolute Gasteiger partial charge is 0.462 e. The van der Waals surface area contributed by atoms with Crippen molar-refractivity contribution in [2.45, 2.75) is 39.0 Å². The fourth-order valence-corrected chi connectivity index (χ4v) is 3.86. The van der Waals surface area contributed by atoms with Gasteiger partial charge in [0.05, 0.1) is 29.0 Å². The Balaban J connectivity index is 1.66. The van der Waals surface area contributed by atoms with Gasteiger partial charge in [-0.05, 0) is 44.5 Å². The van der Waals surface area contributed by atoms with Gasteiger partial charge in [0.2, 0.25) is 5.91 Å². The van der Waals surface area contributed by atoms with E-state index in [1.165, 1.54) is 17.3 Å². The lowest BCUT2D eigenvalue weighted by Crippen LogP contribution is -2.24. The number of fused-ring (bicyclic) bond motifs is 1. The van der Waals surface area contributed by atoms with Gasteiger partial charge in [-0.2, -0.15) is 0 Å². The molecule has 7 heteroatoms. The lowest BCUT2D eigenvalue weighted by molar-refractivity contribution is -0.118. The van der Waals surface area contributed by atoms with Gasteiger partial charge in [-0.25, -0.2) is 9.78 Å². The second-order valence-electron chi connectivity index (χ2n) is 6.61. The summed E-state index contributed by atoms with van der Waals surface area (Å²) >= 11 is 1.39. The third-order valence-electron chi connectivity index (χ3n) is 4.48. The number of aromatic nitrogens is 2. The van der Waals surface area contributed by atoms with Gasteiger partial charge in [0.1, 0.15) is 0 Å². The van der Waals surface area contributed by atoms with Crippen LogP contribution in [0.4, 0.5) is 0 Å². The van der Waals surface area contributed by atoms with E-state index in [9.17, 15) is 9.59 Å². The molecule has 0 atom stereocenters. The molecular weight excluding hydrogens is 386 g/mol. The number of esters is 1. The monoisotopic (exact) mass is 411 g/mol. The van der Waals surface area contributed by atoms with Gasteiger partial charge in [0, 0.05) is 13.1 Å². The van der Waals surface area contributed by atoms with E-state index in [1.807, 2.05) is 48.7 Å². The quantitative estimate of drug-likeness (QED) is 0.449. The minimum absolute atomic E-state index is 0.0440. The molecule has 6 nitrogen and oxygen atoms in total. The standard InChI is InChI=1S/C22H25N3O3S/c1-4-25-19-11-10-17(21(27)28-5-2)12-18(19)24-22(25)29-14-20(26)23-13-16-8-6-15(3)7-9-16/h6-12H,4-5,13-14H2,1-3H3,(H,23,26). The van der Waals surface area contributed by atoms with E-state index in [0.29, 0.717) is 18.7 Å². The fourth-order valence-electron chi connectivity index (χ4n) is 2.95. The van der Waals surface area contributed by atoms with Gasteiger partial charge < -0.3 is 14.6 Å². The Morgan fingerprint density at radius 3 is 2.59 bits per heavy atom. The van der Waals surface area contributed by atoms with Gasteiger partial charge in [-0.1, -0.05) is 41.6 Å². The van der Waals surface area contributed by atoms with Crippen molar-refractivity contribution in [2.24, 2.45) is 0 Å². The number of hydrogen-bond donors (Lipinski definition) is 1. The summed E-state index contributed by atoms with van der Waals surface area (Å²) in [6.07, 6.45) is 0. The lowest BCUT2D eigenvalue weighted by atomic mass is 10.1. The number of aryl methyl sites for hydroxylation is 2. The summed E-state index contributed by atoms with van der Waals surface area (Å²) in [4.78, 5) is 28.8. The Hall–Kier alpha value is -2.80. The number of carbonyl (C=O) groups excluding carboxylic acids is 2. The molecule has 0 fully saturated rings. The smallest absolute Gasteiger partial charge is 0.338 e. The van der Waals surface area contributed by atoms with Crippen LogP contribution >= 0.6 is 11.8 Å². The molecule has 0 aliphatic carbocycles. The molecule has 152 valence electrons. The number of rotatable bonds is 8. The summed E-state index contributed by atoms with van der Waals surface area (Å²) in [5.74, 6) is -0.123. The van der Waals surface area contributed by atoms with Crippen molar-refractivity contribution in [3.8, 4) is 0 Å². The summed E-state index contributed by atoms with van der Waals surface area (Å²) in [7, 11) is 0. The maximum absolute atomic E-state index is 12.3. The van der Waals surface area contributed by atoms with Crippen molar-refractivity contribution in [1.82, 2.24) is 14.9 Å². The van der Waals surface area contributed by atoms with Crippen molar-refractivity contribution in [3.05, 3.63) is 59.2 Å². The lowest BCUT2D eigenvalue weighted by Gasteiger charge is -2.07. The number of ether oxygens (including phenoxy) is 1. The molecule has 1 N–H and O–H groups in total. The van der Waals surface area contributed by atoms with Gasteiger partial charge in [-0.15, -0.1) is 0 Å². The first-order valence-electron chi connectivity index (χ1n) is 9.64. The van der Waals surface area contributed by atoms with Gasteiger partial charge in [0.15, 0.2) is 5.16 Å². The number of nitrogens with one attached hydrogen (secondary N) is 1. The molecule has 2 aromatic carbocycles. The van der Waals surface area contributed by atoms with E-state index in [4.69, 9.17) is 4.74 Å². The highest BCUT2D eigenvalue weighted by Crippen LogP contribution is 2.25. The van der Waals surface area contributed by atoms with Crippen LogP contribution in [0, 0.1) is 6.92 Å². The maximum atomic E-state index is 12.3. The third-order valence-corrected chi connectivity index (χ3v) is 5.46. The molecule has 3 aromatic rings. The van der Waals surface area contributed by atoms with Crippen molar-refractivity contribution in [1.29, 1.82) is 0 Å². The zero-order valence-electron chi connectivity index (χ0n) is 16.9. The first kappa shape index (κ1) is 20.9. The first-order valence-corrected chi connectivity index (χ1v) is 10.6. The van der Waals surface area contributed by atoms with E-state index in [2.05, 4.69) is 10.3 Å². The molecule has 1 aromatic heterocycles. The van der Waals surface area contributed by atoms with E-state index < -0.39 is 0 Å². The molecule has 3 rings (SSSR count). The van der Waals surface area contributed by atoms with E-state index >= 15 is 0 Å². The Kier molecular flexibility index (Phi) is 6.93. The number of carbonyl (C=O) groups is 2. The molecule has 0 aliphatic rings. The average Bonchev–Trinajstić information content (AvgIpc) is 3.08. The molecule has 1 heterocycles. The predicted octanol–water partition coefficient (Wildman–Crippen LogP) is 3.95. The average molecular weight is 412 g/mol. The zero-order valence-corrected chi connectivity index (χ0v) is 17.7. The number of nitrogens with zero attached hydrogens (tertiary/aromatic N) is 2. The van der Waals surface area contributed by atoms with Crippen LogP contribution in [0.2, 0.25) is 0 Å². The highest BCUT2D eigenvalue weighted by Gasteiger charge is 2.15. The minimum Gasteiger partial charge on any atom is -0.462 e. The van der Waals surface area contributed by atoms with Crippen molar-refractivity contribution >= 4 is 34.7 Å². The van der Waals surface area contributed by atoms with Crippen LogP contribution in [-0.2, 0) is 22.6 Å². The highest BCUT2D eigenvalue weighted by atomic mass is 32.2. The van der Waals surface area contributed by atoms with E-state index in [0.717, 1.165) is 28.3 Å². The number of amides is 1. The maximum Gasteiger partial charge on any atom is 0.338 e. The second kappa shape index (κ2) is 9.60. The number of imidazole rings is 1. The second-order valence-corrected chi connectivity index (χ2v) is 7.56. The van der Waals surface area contributed by atoms with Crippen LogP contribution in [0.1, 0.15) is 35.3 Å². The fraction of sp³-hybridized carbons (Fsp3) is 0.318. The SMILES string of the molecule is CCOC(=O)c1ccc2c(c1)nc(SCC(=O)NCc1ccc(C)cc1)n2CC. The zero-order chi connectivity index (χ0) is 20.8. The van der Waals surface area contributed by atoms with Crippen molar-refractivity contribution in [3.63, 3.8) is 0 Å².